The van der Waals surface area contributed by atoms with Crippen LogP contribution in [0.1, 0.15) is 26.7 Å². The van der Waals surface area contributed by atoms with E-state index >= 15 is 0 Å². The van der Waals surface area contributed by atoms with Crippen molar-refractivity contribution in [3.05, 3.63) is 0 Å². The number of likely N-dealkylation sites (N-methyl/N-ethyl adjacent to an activating group) is 1. The summed E-state index contributed by atoms with van der Waals surface area (Å²) in [4.78, 5) is 2.23. The normalized spacial score (nSPS) is 27.6. The third kappa shape index (κ3) is 3.56. The highest BCUT2D eigenvalue weighted by molar-refractivity contribution is 4.73. The monoisotopic (exact) mass is 201 g/mol. The summed E-state index contributed by atoms with van der Waals surface area (Å²) >= 11 is 0. The van der Waals surface area contributed by atoms with Crippen molar-refractivity contribution in [1.82, 2.24) is 4.90 Å². The molecule has 1 fully saturated rings. The first-order valence-corrected chi connectivity index (χ1v) is 5.57. The molecule has 0 bridgehead atoms. The molecule has 14 heavy (non-hydrogen) atoms. The molecule has 1 saturated heterocycles. The van der Waals surface area contributed by atoms with Gasteiger partial charge in [-0.1, -0.05) is 0 Å². The van der Waals surface area contributed by atoms with Crippen LogP contribution in [0.3, 0.4) is 0 Å². The van der Waals surface area contributed by atoms with E-state index in [-0.39, 0.29) is 12.1 Å². The molecule has 0 aliphatic carbocycles. The minimum Gasteiger partial charge on any atom is -0.392 e. The summed E-state index contributed by atoms with van der Waals surface area (Å²) in [5.41, 5.74) is 0. The van der Waals surface area contributed by atoms with Gasteiger partial charge in [-0.15, -0.1) is 0 Å². The van der Waals surface area contributed by atoms with Crippen LogP contribution in [-0.2, 0) is 4.74 Å². The summed E-state index contributed by atoms with van der Waals surface area (Å²) in [6.45, 7) is 6.75. The Morgan fingerprint density at radius 2 is 2.21 bits per heavy atom. The van der Waals surface area contributed by atoms with E-state index in [4.69, 9.17) is 4.74 Å². The molecule has 1 N–H and O–H groups in total. The third-order valence-corrected chi connectivity index (χ3v) is 3.19. The summed E-state index contributed by atoms with van der Waals surface area (Å²) in [5.74, 6) is 0.648. The molecule has 3 atom stereocenters. The Labute approximate surface area is 87.1 Å². The number of hydrogen-bond acceptors (Lipinski definition) is 3. The van der Waals surface area contributed by atoms with Crippen LogP contribution in [0.15, 0.2) is 0 Å². The number of ether oxygens (including phenoxy) is 1. The van der Waals surface area contributed by atoms with E-state index in [0.717, 1.165) is 19.8 Å². The van der Waals surface area contributed by atoms with Gasteiger partial charge in [0.2, 0.25) is 0 Å². The molecule has 0 amide bonds. The predicted octanol–water partition coefficient (Wildman–Crippen LogP) is 1.11. The van der Waals surface area contributed by atoms with Gasteiger partial charge in [-0.2, -0.15) is 0 Å². The van der Waals surface area contributed by atoms with Crippen LogP contribution in [0.2, 0.25) is 0 Å². The smallest absolute Gasteiger partial charge is 0.0664 e. The molecule has 0 spiro atoms. The Morgan fingerprint density at radius 3 is 2.71 bits per heavy atom. The molecule has 1 aliphatic heterocycles. The highest BCUT2D eigenvalue weighted by atomic mass is 16.5. The second-order valence-electron chi connectivity index (χ2n) is 4.50. The number of nitrogens with zero attached hydrogens (tertiary/aromatic N) is 1. The standard InChI is InChI=1S/C11H23NO2/c1-9(10(2)13)12(3)7-11-5-4-6-14-8-11/h9-11,13H,4-8H2,1-3H3. The van der Waals surface area contributed by atoms with Crippen LogP contribution in [0.4, 0.5) is 0 Å². The molecule has 0 radical (unpaired) electrons. The van der Waals surface area contributed by atoms with E-state index in [1.165, 1.54) is 12.8 Å². The zero-order valence-corrected chi connectivity index (χ0v) is 9.57. The lowest BCUT2D eigenvalue weighted by atomic mass is 10.0. The Balaban J connectivity index is 2.27. The fourth-order valence-electron chi connectivity index (χ4n) is 1.89. The Kier molecular flexibility index (Phi) is 4.85. The molecule has 3 nitrogen and oxygen atoms in total. The molecule has 1 heterocycles. The molecule has 0 saturated carbocycles. The largest absolute Gasteiger partial charge is 0.392 e. The maximum atomic E-state index is 9.45. The molecule has 0 aromatic heterocycles. The quantitative estimate of drug-likeness (QED) is 0.739. The van der Waals surface area contributed by atoms with Crippen molar-refractivity contribution in [3.63, 3.8) is 0 Å². The van der Waals surface area contributed by atoms with Crippen molar-refractivity contribution in [2.75, 3.05) is 26.8 Å². The molecule has 3 unspecified atom stereocenters. The van der Waals surface area contributed by atoms with Crippen molar-refractivity contribution in [2.45, 2.75) is 38.8 Å². The van der Waals surface area contributed by atoms with Gasteiger partial charge in [-0.25, -0.2) is 0 Å². The molecule has 0 aromatic carbocycles. The number of aliphatic hydroxyl groups excluding tert-OH is 1. The molecular formula is C11H23NO2. The van der Waals surface area contributed by atoms with E-state index in [0.29, 0.717) is 5.92 Å². The number of aliphatic hydroxyl groups is 1. The summed E-state index contributed by atoms with van der Waals surface area (Å²) < 4.78 is 5.43. The van der Waals surface area contributed by atoms with Gasteiger partial charge < -0.3 is 14.7 Å². The van der Waals surface area contributed by atoms with Crippen LogP contribution in [0, 0.1) is 5.92 Å². The van der Waals surface area contributed by atoms with Gasteiger partial charge in [0.25, 0.3) is 0 Å². The van der Waals surface area contributed by atoms with Crippen LogP contribution in [-0.4, -0.2) is 49.0 Å². The highest BCUT2D eigenvalue weighted by Gasteiger charge is 2.20. The maximum absolute atomic E-state index is 9.45. The van der Waals surface area contributed by atoms with Gasteiger partial charge in [0.15, 0.2) is 0 Å². The average molecular weight is 201 g/mol. The third-order valence-electron chi connectivity index (χ3n) is 3.19. The zero-order chi connectivity index (χ0) is 10.6. The van der Waals surface area contributed by atoms with Crippen molar-refractivity contribution in [3.8, 4) is 0 Å². The molecule has 0 aromatic rings. The van der Waals surface area contributed by atoms with Gasteiger partial charge in [0.1, 0.15) is 0 Å². The summed E-state index contributed by atoms with van der Waals surface area (Å²) in [5, 5.41) is 9.45. The van der Waals surface area contributed by atoms with Gasteiger partial charge in [0.05, 0.1) is 12.7 Å². The van der Waals surface area contributed by atoms with Crippen LogP contribution in [0.25, 0.3) is 0 Å². The van der Waals surface area contributed by atoms with Crippen molar-refractivity contribution in [2.24, 2.45) is 5.92 Å². The first-order valence-electron chi connectivity index (χ1n) is 5.57. The van der Waals surface area contributed by atoms with E-state index in [1.807, 2.05) is 6.92 Å². The van der Waals surface area contributed by atoms with Crippen molar-refractivity contribution < 1.29 is 9.84 Å². The van der Waals surface area contributed by atoms with E-state index < -0.39 is 0 Å². The topological polar surface area (TPSA) is 32.7 Å². The minimum atomic E-state index is -0.260. The summed E-state index contributed by atoms with van der Waals surface area (Å²) in [6.07, 6.45) is 2.18. The Bertz CT molecular complexity index is 155. The van der Waals surface area contributed by atoms with Crippen molar-refractivity contribution >= 4 is 0 Å². The first kappa shape index (κ1) is 12.0. The maximum Gasteiger partial charge on any atom is 0.0664 e. The summed E-state index contributed by atoms with van der Waals surface area (Å²) in [6, 6.07) is 0.233. The fourth-order valence-corrected chi connectivity index (χ4v) is 1.89. The SMILES string of the molecule is CC(O)C(C)N(C)CC1CCCOC1. The molecule has 84 valence electrons. The van der Waals surface area contributed by atoms with Crippen LogP contribution >= 0.6 is 0 Å². The Hall–Kier alpha value is -0.120. The highest BCUT2D eigenvalue weighted by Crippen LogP contribution is 2.15. The lowest BCUT2D eigenvalue weighted by molar-refractivity contribution is 0.0217. The van der Waals surface area contributed by atoms with E-state index in [9.17, 15) is 5.11 Å². The number of rotatable bonds is 4. The lowest BCUT2D eigenvalue weighted by Crippen LogP contribution is -2.41. The van der Waals surface area contributed by atoms with E-state index in [1.54, 1.807) is 0 Å². The van der Waals surface area contributed by atoms with E-state index in [2.05, 4.69) is 18.9 Å². The van der Waals surface area contributed by atoms with Crippen LogP contribution in [0.5, 0.6) is 0 Å². The Morgan fingerprint density at radius 1 is 1.50 bits per heavy atom. The number of hydrogen-bond donors (Lipinski definition) is 1. The average Bonchev–Trinajstić information content (AvgIpc) is 2.18. The van der Waals surface area contributed by atoms with Gasteiger partial charge in [0, 0.05) is 19.2 Å². The van der Waals surface area contributed by atoms with Crippen LogP contribution < -0.4 is 0 Å². The lowest BCUT2D eigenvalue weighted by Gasteiger charge is -2.32. The van der Waals surface area contributed by atoms with Gasteiger partial charge in [-0.3, -0.25) is 0 Å². The second kappa shape index (κ2) is 5.69. The fraction of sp³-hybridized carbons (Fsp3) is 1.00. The minimum absolute atomic E-state index is 0.233. The first-order chi connectivity index (χ1) is 6.61. The molecule has 3 heteroatoms. The van der Waals surface area contributed by atoms with Crippen molar-refractivity contribution in [1.29, 1.82) is 0 Å². The zero-order valence-electron chi connectivity index (χ0n) is 9.57. The predicted molar refractivity (Wildman–Crippen MR) is 57.3 cm³/mol. The second-order valence-corrected chi connectivity index (χ2v) is 4.50. The summed E-state index contributed by atoms with van der Waals surface area (Å²) in [7, 11) is 2.08. The molecule has 1 rings (SSSR count). The molecule has 1 aliphatic rings. The molecular weight excluding hydrogens is 178 g/mol. The van der Waals surface area contributed by atoms with Gasteiger partial charge in [-0.05, 0) is 39.7 Å². The van der Waals surface area contributed by atoms with Gasteiger partial charge >= 0.3 is 0 Å².